The summed E-state index contributed by atoms with van der Waals surface area (Å²) in [5.41, 5.74) is 14.7. The van der Waals surface area contributed by atoms with Crippen LogP contribution in [0.2, 0.25) is 10.0 Å². The van der Waals surface area contributed by atoms with Gasteiger partial charge in [-0.3, -0.25) is 0 Å². The van der Waals surface area contributed by atoms with Gasteiger partial charge in [-0.1, -0.05) is 40.2 Å². The van der Waals surface area contributed by atoms with Crippen molar-refractivity contribution in [3.8, 4) is 11.8 Å². The molecule has 0 radical (unpaired) electrons. The Bertz CT molecular complexity index is 496. The van der Waals surface area contributed by atoms with Crippen molar-refractivity contribution >= 4 is 28.9 Å². The molecule has 0 bridgehead atoms. The summed E-state index contributed by atoms with van der Waals surface area (Å²) in [6.45, 7) is 0.337. The Kier molecular flexibility index (Phi) is 4.81. The van der Waals surface area contributed by atoms with Gasteiger partial charge in [0.15, 0.2) is 0 Å². The summed E-state index contributed by atoms with van der Waals surface area (Å²) in [7, 11) is 0. The number of benzene rings is 1. The Labute approximate surface area is 103 Å². The summed E-state index contributed by atoms with van der Waals surface area (Å²) in [6, 6.07) is 3.34. The summed E-state index contributed by atoms with van der Waals surface area (Å²) in [6.07, 6.45) is 0.475. The fraction of sp³-hybridized carbons (Fsp3) is 0.200. The van der Waals surface area contributed by atoms with Crippen LogP contribution in [-0.2, 0) is 0 Å². The molecular weight excluding hydrogens is 247 g/mol. The lowest BCUT2D eigenvalue weighted by atomic mass is 10.2. The molecule has 4 nitrogen and oxygen atoms in total. The van der Waals surface area contributed by atoms with Gasteiger partial charge in [-0.2, -0.15) is 0 Å². The summed E-state index contributed by atoms with van der Waals surface area (Å²) in [5, 5.41) is 4.01. The van der Waals surface area contributed by atoms with Gasteiger partial charge in [-0.15, -0.1) is 0 Å². The number of nitrogens with zero attached hydrogens (tertiary/aromatic N) is 3. The summed E-state index contributed by atoms with van der Waals surface area (Å²) in [5.74, 6) is 5.66. The van der Waals surface area contributed by atoms with E-state index in [-0.39, 0.29) is 0 Å². The zero-order valence-corrected chi connectivity index (χ0v) is 9.76. The van der Waals surface area contributed by atoms with Gasteiger partial charge in [0.1, 0.15) is 0 Å². The van der Waals surface area contributed by atoms with E-state index in [1.807, 2.05) is 0 Å². The summed E-state index contributed by atoms with van der Waals surface area (Å²) < 4.78 is 0. The third-order valence-electron chi connectivity index (χ3n) is 1.74. The van der Waals surface area contributed by atoms with Gasteiger partial charge in [0.2, 0.25) is 0 Å². The number of anilines is 1. The summed E-state index contributed by atoms with van der Waals surface area (Å²) >= 11 is 11.8. The van der Waals surface area contributed by atoms with Crippen LogP contribution in [0.15, 0.2) is 17.2 Å². The lowest BCUT2D eigenvalue weighted by Crippen LogP contribution is -1.88. The molecule has 82 valence electrons. The van der Waals surface area contributed by atoms with E-state index in [1.165, 1.54) is 0 Å². The molecule has 0 aromatic heterocycles. The molecule has 1 aromatic carbocycles. The predicted molar refractivity (Wildman–Crippen MR) is 66.4 cm³/mol. The molecule has 0 heterocycles. The quantitative estimate of drug-likeness (QED) is 0.215. The van der Waals surface area contributed by atoms with E-state index in [0.29, 0.717) is 34.3 Å². The smallest absolute Gasteiger partial charge is 0.0834 e. The van der Waals surface area contributed by atoms with E-state index in [9.17, 15) is 0 Å². The van der Waals surface area contributed by atoms with Crippen molar-refractivity contribution in [2.24, 2.45) is 5.11 Å². The van der Waals surface area contributed by atoms with Crippen molar-refractivity contribution in [3.63, 3.8) is 0 Å². The highest BCUT2D eigenvalue weighted by atomic mass is 35.5. The van der Waals surface area contributed by atoms with Gasteiger partial charge in [0, 0.05) is 23.4 Å². The van der Waals surface area contributed by atoms with E-state index >= 15 is 0 Å². The van der Waals surface area contributed by atoms with Crippen molar-refractivity contribution in [2.45, 2.75) is 6.42 Å². The van der Waals surface area contributed by atoms with Crippen molar-refractivity contribution in [2.75, 3.05) is 12.3 Å². The Morgan fingerprint density at radius 1 is 1.38 bits per heavy atom. The maximum atomic E-state index is 8.05. The number of azide groups is 1. The third-order valence-corrected chi connectivity index (χ3v) is 2.63. The first kappa shape index (κ1) is 12.5. The molecule has 16 heavy (non-hydrogen) atoms. The first-order valence-corrected chi connectivity index (χ1v) is 5.15. The summed E-state index contributed by atoms with van der Waals surface area (Å²) in [4.78, 5) is 2.62. The van der Waals surface area contributed by atoms with Crippen LogP contribution in [0, 0.1) is 11.8 Å². The number of hydrogen-bond donors (Lipinski definition) is 1. The second kappa shape index (κ2) is 6.14. The predicted octanol–water partition coefficient (Wildman–Crippen LogP) is 3.63. The second-order valence-electron chi connectivity index (χ2n) is 2.84. The molecule has 2 N–H and O–H groups in total. The molecule has 0 spiro atoms. The SMILES string of the molecule is [N-]=[N+]=NCCC#Cc1ccc(N)c(Cl)c1Cl. The van der Waals surface area contributed by atoms with Crippen molar-refractivity contribution in [3.05, 3.63) is 38.2 Å². The zero-order valence-electron chi connectivity index (χ0n) is 8.24. The Balaban J connectivity index is 2.81. The van der Waals surface area contributed by atoms with Gasteiger partial charge in [0.25, 0.3) is 0 Å². The van der Waals surface area contributed by atoms with Crippen LogP contribution in [0.3, 0.4) is 0 Å². The minimum absolute atomic E-state index is 0.309. The van der Waals surface area contributed by atoms with E-state index in [4.69, 9.17) is 34.5 Å². The van der Waals surface area contributed by atoms with E-state index in [1.54, 1.807) is 12.1 Å². The van der Waals surface area contributed by atoms with E-state index < -0.39 is 0 Å². The van der Waals surface area contributed by atoms with Crippen molar-refractivity contribution < 1.29 is 0 Å². The Morgan fingerprint density at radius 2 is 2.12 bits per heavy atom. The third kappa shape index (κ3) is 3.25. The maximum Gasteiger partial charge on any atom is 0.0834 e. The monoisotopic (exact) mass is 254 g/mol. The van der Waals surface area contributed by atoms with Crippen LogP contribution in [-0.4, -0.2) is 6.54 Å². The molecular formula is C10H8Cl2N4. The highest BCUT2D eigenvalue weighted by Gasteiger charge is 2.05. The second-order valence-corrected chi connectivity index (χ2v) is 3.59. The number of nitrogen functional groups attached to an aromatic ring is 1. The molecule has 0 atom stereocenters. The van der Waals surface area contributed by atoms with Crippen molar-refractivity contribution in [1.29, 1.82) is 0 Å². The molecule has 0 saturated carbocycles. The highest BCUT2D eigenvalue weighted by molar-refractivity contribution is 6.44. The normalized spacial score (nSPS) is 8.88. The fourth-order valence-corrected chi connectivity index (χ4v) is 1.35. The van der Waals surface area contributed by atoms with Crippen molar-refractivity contribution in [1.82, 2.24) is 0 Å². The van der Waals surface area contributed by atoms with Crippen LogP contribution < -0.4 is 5.73 Å². The van der Waals surface area contributed by atoms with Crippen LogP contribution in [0.4, 0.5) is 5.69 Å². The van der Waals surface area contributed by atoms with E-state index in [2.05, 4.69) is 21.9 Å². The van der Waals surface area contributed by atoms with Crippen LogP contribution in [0.5, 0.6) is 0 Å². The Hall–Kier alpha value is -1.53. The first-order valence-electron chi connectivity index (χ1n) is 4.40. The maximum absolute atomic E-state index is 8.05. The average molecular weight is 255 g/mol. The standard InChI is InChI=1S/C10H8Cl2N4/c11-9-7(3-1-2-6-15-16-14)4-5-8(13)10(9)12/h4-5H,2,6,13H2. The lowest BCUT2D eigenvalue weighted by molar-refractivity contribution is 1.01. The zero-order chi connectivity index (χ0) is 12.0. The minimum Gasteiger partial charge on any atom is -0.397 e. The molecule has 6 heteroatoms. The largest absolute Gasteiger partial charge is 0.397 e. The number of nitrogens with two attached hydrogens (primary N) is 1. The van der Waals surface area contributed by atoms with Crippen LogP contribution in [0.25, 0.3) is 10.4 Å². The van der Waals surface area contributed by atoms with Crippen LogP contribution in [0.1, 0.15) is 12.0 Å². The number of halogens is 2. The molecule has 0 saturated heterocycles. The topological polar surface area (TPSA) is 74.8 Å². The minimum atomic E-state index is 0.309. The van der Waals surface area contributed by atoms with Crippen LogP contribution >= 0.6 is 23.2 Å². The van der Waals surface area contributed by atoms with Gasteiger partial charge < -0.3 is 5.73 Å². The molecule has 0 unspecified atom stereocenters. The van der Waals surface area contributed by atoms with Gasteiger partial charge in [-0.05, 0) is 17.7 Å². The molecule has 0 aliphatic carbocycles. The van der Waals surface area contributed by atoms with E-state index in [0.717, 1.165) is 0 Å². The first-order chi connectivity index (χ1) is 7.66. The molecule has 0 amide bonds. The number of hydrogen-bond acceptors (Lipinski definition) is 2. The fourth-order valence-electron chi connectivity index (χ4n) is 0.969. The molecule has 0 aliphatic rings. The van der Waals surface area contributed by atoms with Gasteiger partial charge >= 0.3 is 0 Å². The highest BCUT2D eigenvalue weighted by Crippen LogP contribution is 2.30. The lowest BCUT2D eigenvalue weighted by Gasteiger charge is -2.01. The molecule has 0 fully saturated rings. The molecule has 1 aromatic rings. The Morgan fingerprint density at radius 3 is 2.81 bits per heavy atom. The number of rotatable bonds is 2. The molecule has 0 aliphatic heterocycles. The average Bonchev–Trinajstić information content (AvgIpc) is 2.28. The van der Waals surface area contributed by atoms with Gasteiger partial charge in [0.05, 0.1) is 15.7 Å². The van der Waals surface area contributed by atoms with Gasteiger partial charge in [-0.25, -0.2) is 0 Å². The molecule has 1 rings (SSSR count).